The number of nitrogens with two attached hydrogens (primary N) is 1. The molecule has 3 rings (SSSR count). The minimum atomic E-state index is 0.332. The van der Waals surface area contributed by atoms with E-state index in [4.69, 9.17) is 5.73 Å². The molecule has 0 spiro atoms. The molecule has 1 saturated heterocycles. The van der Waals surface area contributed by atoms with Crippen LogP contribution in [0.3, 0.4) is 0 Å². The summed E-state index contributed by atoms with van der Waals surface area (Å²) in [6.07, 6.45) is 10.2. The van der Waals surface area contributed by atoms with E-state index in [-0.39, 0.29) is 0 Å². The number of nitrogens with zero attached hydrogens (tertiary/aromatic N) is 5. The van der Waals surface area contributed by atoms with Crippen LogP contribution in [0.1, 0.15) is 38.6 Å². The average Bonchev–Trinajstić information content (AvgIpc) is 3.09. The molecular weight excluding hydrogens is 290 g/mol. The van der Waals surface area contributed by atoms with Gasteiger partial charge in [0.25, 0.3) is 0 Å². The van der Waals surface area contributed by atoms with Gasteiger partial charge in [0.1, 0.15) is 11.6 Å². The molecule has 1 aliphatic heterocycles. The molecule has 7 heteroatoms. The molecule has 2 aromatic rings. The topological polar surface area (TPSA) is 84.9 Å². The molecule has 2 aromatic heterocycles. The van der Waals surface area contributed by atoms with E-state index in [0.717, 1.165) is 57.0 Å². The second kappa shape index (κ2) is 7.30. The molecule has 0 bridgehead atoms. The highest BCUT2D eigenvalue weighted by Gasteiger charge is 2.21. The van der Waals surface area contributed by atoms with Gasteiger partial charge in [-0.2, -0.15) is 9.97 Å². The quantitative estimate of drug-likeness (QED) is 0.796. The van der Waals surface area contributed by atoms with Gasteiger partial charge in [-0.05, 0) is 19.3 Å². The number of hydrogen-bond acceptors (Lipinski definition) is 6. The van der Waals surface area contributed by atoms with E-state index in [1.165, 1.54) is 0 Å². The second-order valence-corrected chi connectivity index (χ2v) is 5.98. The third kappa shape index (κ3) is 3.91. The fourth-order valence-corrected chi connectivity index (χ4v) is 2.98. The molecule has 0 radical (unpaired) electrons. The summed E-state index contributed by atoms with van der Waals surface area (Å²) in [6, 6.07) is 2.53. The molecule has 0 aliphatic carbocycles. The Kier molecular flexibility index (Phi) is 4.95. The van der Waals surface area contributed by atoms with Gasteiger partial charge in [0, 0.05) is 44.1 Å². The number of hydrogen-bond donors (Lipinski definition) is 2. The molecule has 0 saturated carbocycles. The van der Waals surface area contributed by atoms with Crippen molar-refractivity contribution in [1.82, 2.24) is 19.5 Å². The van der Waals surface area contributed by atoms with Gasteiger partial charge in [0.2, 0.25) is 5.95 Å². The molecule has 7 nitrogen and oxygen atoms in total. The SMILES string of the molecule is CCCCNc1cc(N2CCC(n3ccnc3)CC2)nc(N)n1. The van der Waals surface area contributed by atoms with E-state index < -0.39 is 0 Å². The van der Waals surface area contributed by atoms with E-state index in [2.05, 4.69) is 36.7 Å². The second-order valence-electron chi connectivity index (χ2n) is 5.98. The molecule has 1 fully saturated rings. The zero-order chi connectivity index (χ0) is 16.1. The lowest BCUT2D eigenvalue weighted by Gasteiger charge is -2.33. The highest BCUT2D eigenvalue weighted by Crippen LogP contribution is 2.26. The summed E-state index contributed by atoms with van der Waals surface area (Å²) in [5.74, 6) is 2.07. The molecule has 1 aliphatic rings. The number of rotatable bonds is 6. The summed E-state index contributed by atoms with van der Waals surface area (Å²) in [5.41, 5.74) is 5.87. The van der Waals surface area contributed by atoms with Crippen LogP contribution in [0.25, 0.3) is 0 Å². The standard InChI is InChI=1S/C16H25N7/c1-2-3-6-19-14-11-15(21-16(17)20-14)22-8-4-13(5-9-22)23-10-7-18-12-23/h7,10-13H,2-6,8-9H2,1H3,(H3,17,19,20,21). The maximum absolute atomic E-state index is 5.87. The molecular formula is C16H25N7. The van der Waals surface area contributed by atoms with Crippen LogP contribution >= 0.6 is 0 Å². The molecule has 3 heterocycles. The zero-order valence-corrected chi connectivity index (χ0v) is 13.6. The Bertz CT molecular complexity index is 603. The van der Waals surface area contributed by atoms with Crippen LogP contribution in [-0.4, -0.2) is 39.2 Å². The zero-order valence-electron chi connectivity index (χ0n) is 13.6. The van der Waals surface area contributed by atoms with Crippen molar-refractivity contribution in [2.24, 2.45) is 0 Å². The Morgan fingerprint density at radius 3 is 2.83 bits per heavy atom. The number of nitrogen functional groups attached to an aromatic ring is 1. The highest BCUT2D eigenvalue weighted by atomic mass is 15.2. The first-order valence-corrected chi connectivity index (χ1v) is 8.37. The Morgan fingerprint density at radius 1 is 1.30 bits per heavy atom. The molecule has 124 valence electrons. The van der Waals surface area contributed by atoms with Gasteiger partial charge < -0.3 is 20.5 Å². The van der Waals surface area contributed by atoms with Crippen molar-refractivity contribution in [3.8, 4) is 0 Å². The summed E-state index contributed by atoms with van der Waals surface area (Å²) >= 11 is 0. The predicted octanol–water partition coefficient (Wildman–Crippen LogP) is 2.31. The van der Waals surface area contributed by atoms with Gasteiger partial charge in [-0.25, -0.2) is 4.98 Å². The lowest BCUT2D eigenvalue weighted by Crippen LogP contribution is -2.35. The number of piperidine rings is 1. The monoisotopic (exact) mass is 315 g/mol. The summed E-state index contributed by atoms with van der Waals surface area (Å²) in [5, 5.41) is 3.33. The van der Waals surface area contributed by atoms with E-state index in [9.17, 15) is 0 Å². The summed E-state index contributed by atoms with van der Waals surface area (Å²) in [7, 11) is 0. The van der Waals surface area contributed by atoms with Gasteiger partial charge in [-0.3, -0.25) is 0 Å². The third-order valence-electron chi connectivity index (χ3n) is 4.30. The number of anilines is 3. The predicted molar refractivity (Wildman–Crippen MR) is 92.6 cm³/mol. The van der Waals surface area contributed by atoms with Crippen molar-refractivity contribution in [3.05, 3.63) is 24.8 Å². The fraction of sp³-hybridized carbons (Fsp3) is 0.562. The molecule has 23 heavy (non-hydrogen) atoms. The lowest BCUT2D eigenvalue weighted by molar-refractivity contribution is 0.395. The molecule has 0 aromatic carbocycles. The summed E-state index contributed by atoms with van der Waals surface area (Å²) < 4.78 is 2.20. The molecule has 0 unspecified atom stereocenters. The van der Waals surface area contributed by atoms with Crippen LogP contribution in [0.4, 0.5) is 17.6 Å². The summed E-state index contributed by atoms with van der Waals surface area (Å²) in [4.78, 5) is 15.1. The maximum Gasteiger partial charge on any atom is 0.223 e. The van der Waals surface area contributed by atoms with Crippen LogP contribution in [0.2, 0.25) is 0 Å². The van der Waals surface area contributed by atoms with Crippen LogP contribution in [0.5, 0.6) is 0 Å². The van der Waals surface area contributed by atoms with Gasteiger partial charge in [-0.1, -0.05) is 13.3 Å². The van der Waals surface area contributed by atoms with Crippen molar-refractivity contribution in [3.63, 3.8) is 0 Å². The third-order valence-corrected chi connectivity index (χ3v) is 4.30. The largest absolute Gasteiger partial charge is 0.370 e. The van der Waals surface area contributed by atoms with Gasteiger partial charge >= 0.3 is 0 Å². The van der Waals surface area contributed by atoms with Crippen molar-refractivity contribution in [1.29, 1.82) is 0 Å². The van der Waals surface area contributed by atoms with E-state index in [1.807, 2.05) is 24.8 Å². The molecule has 3 N–H and O–H groups in total. The Hall–Kier alpha value is -2.31. The fourth-order valence-electron chi connectivity index (χ4n) is 2.98. The van der Waals surface area contributed by atoms with Crippen molar-refractivity contribution < 1.29 is 0 Å². The number of unbranched alkanes of at least 4 members (excludes halogenated alkanes) is 1. The van der Waals surface area contributed by atoms with E-state index in [1.54, 1.807) is 0 Å². The average molecular weight is 315 g/mol. The van der Waals surface area contributed by atoms with Crippen molar-refractivity contribution >= 4 is 17.6 Å². The Labute approximate surface area is 136 Å². The number of nitrogens with one attached hydrogen (secondary N) is 1. The molecule has 0 atom stereocenters. The van der Waals surface area contributed by atoms with E-state index >= 15 is 0 Å². The minimum Gasteiger partial charge on any atom is -0.370 e. The summed E-state index contributed by atoms with van der Waals surface area (Å²) in [6.45, 7) is 5.02. The van der Waals surface area contributed by atoms with Crippen LogP contribution in [0, 0.1) is 0 Å². The lowest BCUT2D eigenvalue weighted by atomic mass is 10.1. The van der Waals surface area contributed by atoms with Crippen LogP contribution < -0.4 is 16.0 Å². The highest BCUT2D eigenvalue weighted by molar-refractivity contribution is 5.52. The van der Waals surface area contributed by atoms with Crippen LogP contribution in [-0.2, 0) is 0 Å². The van der Waals surface area contributed by atoms with Crippen molar-refractivity contribution in [2.75, 3.05) is 35.6 Å². The Morgan fingerprint density at radius 2 is 2.13 bits per heavy atom. The maximum atomic E-state index is 5.87. The molecule has 0 amide bonds. The first-order valence-electron chi connectivity index (χ1n) is 8.37. The minimum absolute atomic E-state index is 0.332. The Balaban J connectivity index is 1.63. The first kappa shape index (κ1) is 15.6. The van der Waals surface area contributed by atoms with Gasteiger partial charge in [0.15, 0.2) is 0 Å². The number of aromatic nitrogens is 4. The number of imidazole rings is 1. The van der Waals surface area contributed by atoms with Crippen molar-refractivity contribution in [2.45, 2.75) is 38.6 Å². The van der Waals surface area contributed by atoms with E-state index in [0.29, 0.717) is 12.0 Å². The van der Waals surface area contributed by atoms with Gasteiger partial charge in [-0.15, -0.1) is 0 Å². The van der Waals surface area contributed by atoms with Crippen LogP contribution in [0.15, 0.2) is 24.8 Å². The smallest absolute Gasteiger partial charge is 0.223 e. The van der Waals surface area contributed by atoms with Gasteiger partial charge in [0.05, 0.1) is 6.33 Å². The normalized spacial score (nSPS) is 15.8. The first-order chi connectivity index (χ1) is 11.3.